The van der Waals surface area contributed by atoms with E-state index in [1.807, 2.05) is 39.0 Å². The number of carbonyl (C=O) groups is 2. The van der Waals surface area contributed by atoms with Crippen molar-refractivity contribution in [2.75, 3.05) is 4.90 Å². The van der Waals surface area contributed by atoms with Gasteiger partial charge in [0.1, 0.15) is 23.3 Å². The molecule has 1 unspecified atom stereocenters. The molecule has 2 aromatic heterocycles. The summed E-state index contributed by atoms with van der Waals surface area (Å²) in [5.41, 5.74) is 2.68. The van der Waals surface area contributed by atoms with Gasteiger partial charge < -0.3 is 19.2 Å². The molecule has 4 aromatic rings. The van der Waals surface area contributed by atoms with E-state index in [1.54, 1.807) is 36.4 Å². The SMILES string of the molecule is Cc1ccc2nc(N3C(=O)C(=O)/C(=C(/O)c4cccc(OC(C)C)c4)C3c3ccco3)[nH]c2c1. The Balaban J connectivity index is 1.67. The standard InChI is InChI=1S/C26H23N3O5/c1-14(2)34-17-7-4-6-16(13-17)23(30)21-22(20-8-5-11-33-20)29(25(32)24(21)31)26-27-18-10-9-15(3)12-19(18)28-26/h4-14,22,30H,1-3H3,(H,27,28)/b23-21+. The molecule has 1 fully saturated rings. The second kappa shape index (κ2) is 8.22. The van der Waals surface area contributed by atoms with Gasteiger partial charge in [-0.1, -0.05) is 18.2 Å². The minimum Gasteiger partial charge on any atom is -0.507 e. The van der Waals surface area contributed by atoms with Crippen LogP contribution in [0.4, 0.5) is 5.95 Å². The van der Waals surface area contributed by atoms with Crippen molar-refractivity contribution in [3.63, 3.8) is 0 Å². The van der Waals surface area contributed by atoms with Gasteiger partial charge in [-0.05, 0) is 62.7 Å². The van der Waals surface area contributed by atoms with Crippen LogP contribution in [-0.2, 0) is 9.59 Å². The van der Waals surface area contributed by atoms with Gasteiger partial charge in [0.25, 0.3) is 5.78 Å². The zero-order valence-corrected chi connectivity index (χ0v) is 18.9. The Hall–Kier alpha value is -4.33. The van der Waals surface area contributed by atoms with Crippen molar-refractivity contribution in [1.29, 1.82) is 0 Å². The predicted octanol–water partition coefficient (Wildman–Crippen LogP) is 4.88. The van der Waals surface area contributed by atoms with E-state index in [0.717, 1.165) is 11.1 Å². The highest BCUT2D eigenvalue weighted by Gasteiger charge is 2.49. The van der Waals surface area contributed by atoms with E-state index in [4.69, 9.17) is 9.15 Å². The van der Waals surface area contributed by atoms with Crippen LogP contribution in [0, 0.1) is 6.92 Å². The number of aliphatic hydroxyl groups is 1. The lowest BCUT2D eigenvalue weighted by atomic mass is 9.99. The number of Topliss-reactive ketones (excluding diaryl/α,β-unsaturated/α-hetero) is 1. The summed E-state index contributed by atoms with van der Waals surface area (Å²) >= 11 is 0. The molecule has 0 spiro atoms. The molecule has 8 nitrogen and oxygen atoms in total. The summed E-state index contributed by atoms with van der Waals surface area (Å²) in [4.78, 5) is 35.3. The molecule has 2 aromatic carbocycles. The molecule has 172 valence electrons. The molecule has 3 heterocycles. The van der Waals surface area contributed by atoms with Crippen molar-refractivity contribution < 1.29 is 23.8 Å². The second-order valence-electron chi connectivity index (χ2n) is 8.46. The highest BCUT2D eigenvalue weighted by molar-refractivity contribution is 6.51. The zero-order chi connectivity index (χ0) is 24.0. The molecule has 0 bridgehead atoms. The van der Waals surface area contributed by atoms with Gasteiger partial charge in [-0.15, -0.1) is 0 Å². The molecular formula is C26H23N3O5. The molecule has 8 heteroatoms. The lowest BCUT2D eigenvalue weighted by Crippen LogP contribution is -2.30. The number of aromatic nitrogens is 2. The van der Waals surface area contributed by atoms with E-state index in [0.29, 0.717) is 22.6 Å². The van der Waals surface area contributed by atoms with Crippen molar-refractivity contribution in [2.45, 2.75) is 32.9 Å². The van der Waals surface area contributed by atoms with Crippen LogP contribution in [0.1, 0.15) is 36.8 Å². The number of nitrogens with one attached hydrogen (secondary N) is 1. The lowest BCUT2D eigenvalue weighted by molar-refractivity contribution is -0.132. The topological polar surface area (TPSA) is 109 Å². The first-order valence-corrected chi connectivity index (χ1v) is 10.9. The van der Waals surface area contributed by atoms with Gasteiger partial charge in [0.15, 0.2) is 0 Å². The van der Waals surface area contributed by atoms with Gasteiger partial charge >= 0.3 is 5.91 Å². The van der Waals surface area contributed by atoms with Crippen molar-refractivity contribution >= 4 is 34.4 Å². The van der Waals surface area contributed by atoms with Crippen molar-refractivity contribution in [3.05, 3.63) is 83.3 Å². The van der Waals surface area contributed by atoms with Gasteiger partial charge in [0.2, 0.25) is 5.95 Å². The number of aromatic amines is 1. The Labute approximate surface area is 195 Å². The number of H-pyrrole nitrogens is 1. The lowest BCUT2D eigenvalue weighted by Gasteiger charge is -2.20. The Morgan fingerprint density at radius 2 is 1.97 bits per heavy atom. The van der Waals surface area contributed by atoms with Gasteiger partial charge in [0.05, 0.1) is 29.0 Å². The molecule has 1 aliphatic heterocycles. The van der Waals surface area contributed by atoms with Crippen LogP contribution in [0.2, 0.25) is 0 Å². The largest absolute Gasteiger partial charge is 0.507 e. The Kier molecular flexibility index (Phi) is 5.20. The van der Waals surface area contributed by atoms with E-state index < -0.39 is 17.7 Å². The molecule has 1 aliphatic rings. The van der Waals surface area contributed by atoms with E-state index >= 15 is 0 Å². The quantitative estimate of drug-likeness (QED) is 0.251. The van der Waals surface area contributed by atoms with Crippen LogP contribution in [0.15, 0.2) is 70.9 Å². The Morgan fingerprint density at radius 3 is 2.71 bits per heavy atom. The monoisotopic (exact) mass is 457 g/mol. The van der Waals surface area contributed by atoms with Gasteiger partial charge in [-0.25, -0.2) is 4.98 Å². The number of aryl methyl sites for hydroxylation is 1. The molecule has 1 amide bonds. The number of hydrogen-bond acceptors (Lipinski definition) is 6. The first-order chi connectivity index (χ1) is 16.3. The number of benzene rings is 2. The summed E-state index contributed by atoms with van der Waals surface area (Å²) < 4.78 is 11.3. The van der Waals surface area contributed by atoms with Crippen LogP contribution < -0.4 is 9.64 Å². The maximum atomic E-state index is 13.2. The number of fused-ring (bicyclic) bond motifs is 1. The molecule has 5 rings (SSSR count). The number of ether oxygens (including phenoxy) is 1. The van der Waals surface area contributed by atoms with E-state index in [1.165, 1.54) is 11.2 Å². The second-order valence-corrected chi connectivity index (χ2v) is 8.46. The number of hydrogen-bond donors (Lipinski definition) is 2. The molecule has 1 saturated heterocycles. The molecule has 0 radical (unpaired) electrons. The van der Waals surface area contributed by atoms with Gasteiger partial charge in [0, 0.05) is 5.56 Å². The van der Waals surface area contributed by atoms with Crippen LogP contribution in [0.25, 0.3) is 16.8 Å². The van der Waals surface area contributed by atoms with Crippen LogP contribution in [-0.4, -0.2) is 32.9 Å². The summed E-state index contributed by atoms with van der Waals surface area (Å²) in [6.07, 6.45) is 1.39. The first-order valence-electron chi connectivity index (χ1n) is 10.9. The third-order valence-electron chi connectivity index (χ3n) is 5.59. The fourth-order valence-corrected chi connectivity index (χ4v) is 4.14. The van der Waals surface area contributed by atoms with E-state index in [-0.39, 0.29) is 23.4 Å². The normalized spacial score (nSPS) is 17.8. The minimum atomic E-state index is -0.994. The number of nitrogens with zero attached hydrogens (tertiary/aromatic N) is 2. The summed E-state index contributed by atoms with van der Waals surface area (Å²) in [6.45, 7) is 5.74. The predicted molar refractivity (Wildman–Crippen MR) is 127 cm³/mol. The van der Waals surface area contributed by atoms with Crippen molar-refractivity contribution in [3.8, 4) is 5.75 Å². The maximum absolute atomic E-state index is 13.2. The van der Waals surface area contributed by atoms with Gasteiger partial charge in [-0.2, -0.15) is 0 Å². The number of ketones is 1. The number of imidazole rings is 1. The summed E-state index contributed by atoms with van der Waals surface area (Å²) in [7, 11) is 0. The van der Waals surface area contributed by atoms with E-state index in [9.17, 15) is 14.7 Å². The van der Waals surface area contributed by atoms with E-state index in [2.05, 4.69) is 9.97 Å². The molecule has 2 N–H and O–H groups in total. The Morgan fingerprint density at radius 1 is 1.15 bits per heavy atom. The number of rotatable bonds is 5. The third kappa shape index (κ3) is 3.63. The number of anilines is 1. The molecule has 1 atom stereocenters. The molecular weight excluding hydrogens is 434 g/mol. The average molecular weight is 457 g/mol. The highest BCUT2D eigenvalue weighted by Crippen LogP contribution is 2.42. The number of furan rings is 1. The summed E-state index contributed by atoms with van der Waals surface area (Å²) in [5, 5.41) is 11.2. The summed E-state index contributed by atoms with van der Waals surface area (Å²) in [6, 6.07) is 14.7. The smallest absolute Gasteiger partial charge is 0.302 e. The van der Waals surface area contributed by atoms with Crippen LogP contribution in [0.3, 0.4) is 0 Å². The fourth-order valence-electron chi connectivity index (χ4n) is 4.14. The fraction of sp³-hybridized carbons (Fsp3) is 0.192. The highest BCUT2D eigenvalue weighted by atomic mass is 16.5. The van der Waals surface area contributed by atoms with Gasteiger partial charge in [-0.3, -0.25) is 14.5 Å². The molecule has 34 heavy (non-hydrogen) atoms. The first kappa shape index (κ1) is 21.5. The summed E-state index contributed by atoms with van der Waals surface area (Å²) in [5.74, 6) is -0.898. The minimum absolute atomic E-state index is 0.0668. The molecule has 0 saturated carbocycles. The average Bonchev–Trinajstić information content (AvgIpc) is 3.52. The number of amides is 1. The molecule has 0 aliphatic carbocycles. The van der Waals surface area contributed by atoms with Crippen molar-refractivity contribution in [1.82, 2.24) is 9.97 Å². The third-order valence-corrected chi connectivity index (χ3v) is 5.59. The number of carbonyl (C=O) groups excluding carboxylic acids is 2. The Bertz CT molecular complexity index is 1430. The zero-order valence-electron chi connectivity index (χ0n) is 18.9. The van der Waals surface area contributed by atoms with Crippen LogP contribution >= 0.6 is 0 Å². The maximum Gasteiger partial charge on any atom is 0.302 e. The number of aliphatic hydroxyl groups excluding tert-OH is 1. The van der Waals surface area contributed by atoms with Crippen LogP contribution in [0.5, 0.6) is 5.75 Å². The van der Waals surface area contributed by atoms with Crippen molar-refractivity contribution in [2.24, 2.45) is 0 Å².